The van der Waals surface area contributed by atoms with Crippen molar-refractivity contribution in [2.45, 2.75) is 15.5 Å². The quantitative estimate of drug-likeness (QED) is 0.329. The molecule has 148 valence electrons. The van der Waals surface area contributed by atoms with E-state index in [0.717, 1.165) is 32.1 Å². The number of esters is 1. The Morgan fingerprint density at radius 3 is 2.68 bits per heavy atom. The molecular weight excluding hydrogens is 440 g/mol. The minimum atomic E-state index is -3.33. The second-order valence-electron chi connectivity index (χ2n) is 5.70. The molecule has 7 nitrogen and oxygen atoms in total. The molecule has 2 heterocycles. The Hall–Kier alpha value is -1.95. The Kier molecular flexibility index (Phi) is 6.38. The molecule has 0 radical (unpaired) electrons. The van der Waals surface area contributed by atoms with Crippen LogP contribution >= 0.6 is 34.4 Å². The number of carbonyl (C=O) groups excluding carboxylic acids is 2. The van der Waals surface area contributed by atoms with E-state index in [9.17, 15) is 18.0 Å². The molecule has 0 unspecified atom stereocenters. The van der Waals surface area contributed by atoms with E-state index < -0.39 is 9.84 Å². The van der Waals surface area contributed by atoms with Crippen LogP contribution in [0.15, 0.2) is 38.9 Å². The van der Waals surface area contributed by atoms with Gasteiger partial charge in [-0.1, -0.05) is 11.8 Å². The lowest BCUT2D eigenvalue weighted by Crippen LogP contribution is -2.09. The highest BCUT2D eigenvalue weighted by Crippen LogP contribution is 2.31. The minimum absolute atomic E-state index is 0.158. The van der Waals surface area contributed by atoms with Crippen molar-refractivity contribution in [3.8, 4) is 0 Å². The lowest BCUT2D eigenvalue weighted by atomic mass is 10.3. The molecule has 3 rings (SSSR count). The van der Waals surface area contributed by atoms with Crippen molar-refractivity contribution in [3.05, 3.63) is 35.2 Å². The number of nitrogens with one attached hydrogen (secondary N) is 1. The molecule has 3 aromatic rings. The zero-order chi connectivity index (χ0) is 20.3. The topological polar surface area (TPSA) is 102 Å². The van der Waals surface area contributed by atoms with Gasteiger partial charge in [-0.3, -0.25) is 9.59 Å². The molecule has 1 amide bonds. The van der Waals surface area contributed by atoms with Crippen LogP contribution in [0.1, 0.15) is 16.6 Å². The first-order valence-electron chi connectivity index (χ1n) is 8.00. The smallest absolute Gasteiger partial charge is 0.302 e. The average Bonchev–Trinajstić information content (AvgIpc) is 3.24. The number of ether oxygens (including phenoxy) is 1. The van der Waals surface area contributed by atoms with Gasteiger partial charge in [-0.05, 0) is 30.3 Å². The number of hydrogen-bond acceptors (Lipinski definition) is 9. The number of thiazole rings is 1. The number of sulfone groups is 1. The SMILES string of the molecule is CC(=O)OCCSc1nc2ccc(NC(=O)c3ccc(S(C)(=O)=O)s3)cc2s1. The van der Waals surface area contributed by atoms with Crippen LogP contribution in [0.4, 0.5) is 5.69 Å². The summed E-state index contributed by atoms with van der Waals surface area (Å²) in [5.41, 5.74) is 1.42. The molecule has 0 atom stereocenters. The number of carbonyl (C=O) groups is 2. The average molecular weight is 457 g/mol. The van der Waals surface area contributed by atoms with Gasteiger partial charge in [0.1, 0.15) is 10.8 Å². The van der Waals surface area contributed by atoms with Crippen molar-refractivity contribution in [2.75, 3.05) is 23.9 Å². The number of anilines is 1. The summed E-state index contributed by atoms with van der Waals surface area (Å²) < 4.78 is 29.9. The highest BCUT2D eigenvalue weighted by atomic mass is 32.2. The largest absolute Gasteiger partial charge is 0.465 e. The van der Waals surface area contributed by atoms with E-state index in [1.54, 1.807) is 6.07 Å². The zero-order valence-electron chi connectivity index (χ0n) is 14.9. The van der Waals surface area contributed by atoms with Crippen LogP contribution in [0.3, 0.4) is 0 Å². The van der Waals surface area contributed by atoms with Gasteiger partial charge in [-0.15, -0.1) is 22.7 Å². The summed E-state index contributed by atoms with van der Waals surface area (Å²) in [4.78, 5) is 28.0. The van der Waals surface area contributed by atoms with Crippen LogP contribution in [0, 0.1) is 0 Å². The van der Waals surface area contributed by atoms with E-state index in [1.807, 2.05) is 12.1 Å². The van der Waals surface area contributed by atoms with E-state index in [-0.39, 0.29) is 16.1 Å². The van der Waals surface area contributed by atoms with Crippen LogP contribution in [0.25, 0.3) is 10.2 Å². The summed E-state index contributed by atoms with van der Waals surface area (Å²) in [6.45, 7) is 1.70. The lowest BCUT2D eigenvalue weighted by Gasteiger charge is -2.03. The van der Waals surface area contributed by atoms with Crippen LogP contribution in [0.5, 0.6) is 0 Å². The Morgan fingerprint density at radius 1 is 1.21 bits per heavy atom. The van der Waals surface area contributed by atoms with Gasteiger partial charge >= 0.3 is 5.97 Å². The molecule has 11 heteroatoms. The normalized spacial score (nSPS) is 11.5. The van der Waals surface area contributed by atoms with E-state index in [1.165, 1.54) is 42.2 Å². The molecule has 1 N–H and O–H groups in total. The Balaban J connectivity index is 1.67. The minimum Gasteiger partial charge on any atom is -0.465 e. The van der Waals surface area contributed by atoms with Gasteiger partial charge < -0.3 is 10.1 Å². The number of hydrogen-bond donors (Lipinski definition) is 1. The Bertz CT molecular complexity index is 1130. The molecule has 0 saturated carbocycles. The second kappa shape index (κ2) is 8.60. The third-order valence-electron chi connectivity index (χ3n) is 3.41. The van der Waals surface area contributed by atoms with Gasteiger partial charge in [0, 0.05) is 24.6 Å². The van der Waals surface area contributed by atoms with Gasteiger partial charge in [-0.2, -0.15) is 0 Å². The fraction of sp³-hybridized carbons (Fsp3) is 0.235. The number of thioether (sulfide) groups is 1. The van der Waals surface area contributed by atoms with Crippen LogP contribution < -0.4 is 5.32 Å². The summed E-state index contributed by atoms with van der Waals surface area (Å²) in [6.07, 6.45) is 1.11. The number of fused-ring (bicyclic) bond motifs is 1. The maximum Gasteiger partial charge on any atom is 0.302 e. The number of amides is 1. The molecule has 28 heavy (non-hydrogen) atoms. The van der Waals surface area contributed by atoms with Crippen molar-refractivity contribution in [1.29, 1.82) is 0 Å². The van der Waals surface area contributed by atoms with Crippen molar-refractivity contribution in [3.63, 3.8) is 0 Å². The first kappa shape index (κ1) is 20.8. The van der Waals surface area contributed by atoms with Gasteiger partial charge in [0.15, 0.2) is 14.2 Å². The lowest BCUT2D eigenvalue weighted by molar-refractivity contribution is -0.140. The van der Waals surface area contributed by atoms with Crippen LogP contribution in [-0.2, 0) is 19.4 Å². The fourth-order valence-corrected chi connectivity index (χ4v) is 6.01. The standard InChI is InChI=1S/C17H16N2O5S4/c1-10(20)24-7-8-25-17-19-12-4-3-11(9-14(12)27-17)18-16(21)13-5-6-15(26-13)28(2,22)23/h3-6,9H,7-8H2,1-2H3,(H,18,21). The third kappa shape index (κ3) is 5.31. The first-order chi connectivity index (χ1) is 13.2. The van der Waals surface area contributed by atoms with E-state index >= 15 is 0 Å². The highest BCUT2D eigenvalue weighted by Gasteiger charge is 2.15. The predicted molar refractivity (Wildman–Crippen MR) is 112 cm³/mol. The molecule has 0 spiro atoms. The van der Waals surface area contributed by atoms with Gasteiger partial charge in [-0.25, -0.2) is 13.4 Å². The molecular formula is C17H16N2O5S4. The molecule has 0 saturated heterocycles. The Labute approximate surface area is 174 Å². The van der Waals surface area contributed by atoms with Crippen molar-refractivity contribution in [1.82, 2.24) is 4.98 Å². The van der Waals surface area contributed by atoms with Gasteiger partial charge in [0.2, 0.25) is 0 Å². The van der Waals surface area contributed by atoms with Crippen molar-refractivity contribution in [2.24, 2.45) is 0 Å². The molecule has 0 aliphatic rings. The van der Waals surface area contributed by atoms with Crippen LogP contribution in [0.2, 0.25) is 0 Å². The summed E-state index contributed by atoms with van der Waals surface area (Å²) in [6, 6.07) is 8.32. The summed E-state index contributed by atoms with van der Waals surface area (Å²) >= 11 is 3.92. The van der Waals surface area contributed by atoms with E-state index in [2.05, 4.69) is 10.3 Å². The fourth-order valence-electron chi connectivity index (χ4n) is 2.19. The number of thiophene rings is 1. The molecule has 1 aromatic carbocycles. The van der Waals surface area contributed by atoms with Gasteiger partial charge in [0.05, 0.1) is 15.1 Å². The maximum absolute atomic E-state index is 12.4. The molecule has 0 aliphatic heterocycles. The number of nitrogens with zero attached hydrogens (tertiary/aromatic N) is 1. The number of rotatable bonds is 7. The molecule has 2 aromatic heterocycles. The van der Waals surface area contributed by atoms with Crippen LogP contribution in [-0.4, -0.2) is 43.9 Å². The molecule has 0 aliphatic carbocycles. The number of benzene rings is 1. The summed E-state index contributed by atoms with van der Waals surface area (Å²) in [5.74, 6) is -0.0521. The summed E-state index contributed by atoms with van der Waals surface area (Å²) in [5, 5.41) is 2.78. The zero-order valence-corrected chi connectivity index (χ0v) is 18.2. The van der Waals surface area contributed by atoms with E-state index in [4.69, 9.17) is 4.74 Å². The highest BCUT2D eigenvalue weighted by molar-refractivity contribution is 8.01. The predicted octanol–water partition coefficient (Wildman–Crippen LogP) is 3.67. The van der Waals surface area contributed by atoms with Crippen molar-refractivity contribution < 1.29 is 22.7 Å². The third-order valence-corrected chi connectivity index (χ3v) is 8.44. The Morgan fingerprint density at radius 2 is 2.00 bits per heavy atom. The molecule has 0 bridgehead atoms. The van der Waals surface area contributed by atoms with Crippen molar-refractivity contribution >= 4 is 72.1 Å². The van der Waals surface area contributed by atoms with Gasteiger partial charge in [0.25, 0.3) is 5.91 Å². The number of aromatic nitrogens is 1. The maximum atomic E-state index is 12.4. The second-order valence-corrected chi connectivity index (χ2v) is 11.4. The summed E-state index contributed by atoms with van der Waals surface area (Å²) in [7, 11) is -3.33. The first-order valence-corrected chi connectivity index (χ1v) is 12.5. The molecule has 0 fully saturated rings. The van der Waals surface area contributed by atoms with E-state index in [0.29, 0.717) is 22.9 Å². The monoisotopic (exact) mass is 456 g/mol.